The zero-order valence-corrected chi connectivity index (χ0v) is 18.6. The number of carbonyl (C=O) groups is 3. The van der Waals surface area contributed by atoms with Gasteiger partial charge in [-0.15, -0.1) is 0 Å². The van der Waals surface area contributed by atoms with Gasteiger partial charge in [-0.1, -0.05) is 18.2 Å². The van der Waals surface area contributed by atoms with Crippen molar-refractivity contribution in [3.8, 4) is 5.75 Å². The third-order valence-corrected chi connectivity index (χ3v) is 6.63. The highest BCUT2D eigenvalue weighted by molar-refractivity contribution is 6.50. The number of aliphatic hydroxyl groups excluding tert-OH is 1. The molecule has 3 aliphatic rings. The lowest BCUT2D eigenvalue weighted by Gasteiger charge is -2.34. The molecule has 0 aromatic heterocycles. The number of aliphatic hydroxyl groups is 1. The van der Waals surface area contributed by atoms with Gasteiger partial charge in [0.25, 0.3) is 17.6 Å². The molecule has 0 saturated carbocycles. The molecule has 0 unspecified atom stereocenters. The fourth-order valence-corrected chi connectivity index (χ4v) is 5.17. The summed E-state index contributed by atoms with van der Waals surface area (Å²) < 4.78 is 10.9. The monoisotopic (exact) mass is 448 g/mol. The van der Waals surface area contributed by atoms with Crippen molar-refractivity contribution >= 4 is 29.0 Å². The Morgan fingerprint density at radius 1 is 1.21 bits per heavy atom. The summed E-state index contributed by atoms with van der Waals surface area (Å²) in [6.45, 7) is 2.09. The van der Waals surface area contributed by atoms with Gasteiger partial charge >= 0.3 is 0 Å². The predicted octanol–water partition coefficient (Wildman–Crippen LogP) is 2.21. The number of ether oxygens (including phenoxy) is 2. The highest BCUT2D eigenvalue weighted by Crippen LogP contribution is 2.53. The van der Waals surface area contributed by atoms with Crippen LogP contribution in [-0.2, 0) is 31.1 Å². The topological polar surface area (TPSA) is 96.4 Å². The number of fused-ring (bicyclic) bond motifs is 3. The van der Waals surface area contributed by atoms with E-state index in [1.54, 1.807) is 49.5 Å². The quantitative estimate of drug-likeness (QED) is 0.438. The molecule has 0 bridgehead atoms. The number of amides is 2. The standard InChI is InChI=1S/C25H24N2O6/c1-14-12-16-13-15(8-9-19(16)33-14)21(28)20-22(29)23(30)27(10-11-32-3)25(20)17-6-4-5-7-18(17)26(2)24(25)31/h4-9,13-14,28H,10-12H2,1-3H3/t14-,25-/m0/s1. The first-order valence-electron chi connectivity index (χ1n) is 10.8. The molecule has 1 fully saturated rings. The molecule has 8 nitrogen and oxygen atoms in total. The number of rotatable bonds is 4. The number of likely N-dealkylation sites (N-methyl/N-ethyl adjacent to an activating group) is 1. The van der Waals surface area contributed by atoms with E-state index in [0.29, 0.717) is 23.2 Å². The van der Waals surface area contributed by atoms with Crippen LogP contribution in [0, 0.1) is 0 Å². The van der Waals surface area contributed by atoms with E-state index >= 15 is 0 Å². The minimum atomic E-state index is -1.76. The average Bonchev–Trinajstić information content (AvgIpc) is 3.37. The molecule has 1 N–H and O–H groups in total. The maximum Gasteiger partial charge on any atom is 0.296 e. The molecule has 1 saturated heterocycles. The van der Waals surface area contributed by atoms with Crippen molar-refractivity contribution in [3.05, 3.63) is 64.7 Å². The van der Waals surface area contributed by atoms with Crippen molar-refractivity contribution in [2.45, 2.75) is 25.0 Å². The number of nitrogens with zero attached hydrogens (tertiary/aromatic N) is 2. The van der Waals surface area contributed by atoms with Gasteiger partial charge in [-0.25, -0.2) is 0 Å². The Bertz CT molecular complexity index is 1240. The molecular weight excluding hydrogens is 424 g/mol. The molecule has 0 aliphatic carbocycles. The number of Topliss-reactive ketones (excluding diaryl/α,β-unsaturated/α-hetero) is 1. The van der Waals surface area contributed by atoms with Crippen LogP contribution in [0.5, 0.6) is 5.75 Å². The van der Waals surface area contributed by atoms with Gasteiger partial charge < -0.3 is 24.4 Å². The van der Waals surface area contributed by atoms with Gasteiger partial charge in [0.15, 0.2) is 5.54 Å². The lowest BCUT2D eigenvalue weighted by molar-refractivity contribution is -0.144. The molecule has 2 atom stereocenters. The van der Waals surface area contributed by atoms with Gasteiger partial charge in [-0.3, -0.25) is 14.4 Å². The number of carbonyl (C=O) groups excluding carboxylic acids is 3. The van der Waals surface area contributed by atoms with E-state index in [1.165, 1.54) is 16.9 Å². The van der Waals surface area contributed by atoms with Crippen LogP contribution in [0.4, 0.5) is 5.69 Å². The number of methoxy groups -OCH3 is 1. The average molecular weight is 448 g/mol. The lowest BCUT2D eigenvalue weighted by Crippen LogP contribution is -2.52. The van der Waals surface area contributed by atoms with Gasteiger partial charge in [0.05, 0.1) is 12.2 Å². The molecule has 2 amide bonds. The smallest absolute Gasteiger partial charge is 0.296 e. The summed E-state index contributed by atoms with van der Waals surface area (Å²) in [6, 6.07) is 12.1. The van der Waals surface area contributed by atoms with Crippen LogP contribution >= 0.6 is 0 Å². The summed E-state index contributed by atoms with van der Waals surface area (Å²) >= 11 is 0. The van der Waals surface area contributed by atoms with Gasteiger partial charge in [-0.2, -0.15) is 0 Å². The van der Waals surface area contributed by atoms with Crippen molar-refractivity contribution in [1.29, 1.82) is 0 Å². The normalized spacial score (nSPS) is 25.1. The van der Waals surface area contributed by atoms with Crippen LogP contribution in [0.1, 0.15) is 23.6 Å². The number of para-hydroxylation sites is 1. The van der Waals surface area contributed by atoms with Crippen molar-refractivity contribution in [2.24, 2.45) is 0 Å². The largest absolute Gasteiger partial charge is 0.507 e. The maximum atomic E-state index is 13.8. The fraction of sp³-hybridized carbons (Fsp3) is 0.320. The third kappa shape index (κ3) is 2.77. The zero-order valence-electron chi connectivity index (χ0n) is 18.6. The Hall–Kier alpha value is -3.65. The van der Waals surface area contributed by atoms with E-state index in [9.17, 15) is 19.5 Å². The van der Waals surface area contributed by atoms with Crippen molar-refractivity contribution < 1.29 is 29.0 Å². The summed E-state index contributed by atoms with van der Waals surface area (Å²) in [6.07, 6.45) is 0.668. The van der Waals surface area contributed by atoms with Crippen molar-refractivity contribution in [1.82, 2.24) is 4.90 Å². The summed E-state index contributed by atoms with van der Waals surface area (Å²) in [5.74, 6) is -1.87. The van der Waals surface area contributed by atoms with Gasteiger partial charge in [0.2, 0.25) is 0 Å². The number of hydrogen-bond acceptors (Lipinski definition) is 6. The molecule has 8 heteroatoms. The fourth-order valence-electron chi connectivity index (χ4n) is 5.17. The van der Waals surface area contributed by atoms with Crippen LogP contribution in [0.2, 0.25) is 0 Å². The minimum absolute atomic E-state index is 0.00699. The van der Waals surface area contributed by atoms with Crippen molar-refractivity contribution in [3.63, 3.8) is 0 Å². The molecule has 2 aromatic rings. The van der Waals surface area contributed by atoms with Crippen LogP contribution in [0.15, 0.2) is 48.0 Å². The van der Waals surface area contributed by atoms with Crippen LogP contribution in [-0.4, -0.2) is 61.0 Å². The maximum absolute atomic E-state index is 13.8. The van der Waals surface area contributed by atoms with Gasteiger partial charge in [0, 0.05) is 43.9 Å². The zero-order chi connectivity index (χ0) is 23.5. The number of benzene rings is 2. The van der Waals surface area contributed by atoms with Crippen LogP contribution in [0.25, 0.3) is 5.76 Å². The number of likely N-dealkylation sites (tertiary alicyclic amines) is 1. The second kappa shape index (κ2) is 7.45. The Kier molecular flexibility index (Phi) is 4.79. The summed E-state index contributed by atoms with van der Waals surface area (Å²) in [5.41, 5.74) is 0.323. The second-order valence-electron chi connectivity index (χ2n) is 8.55. The highest BCUT2D eigenvalue weighted by atomic mass is 16.5. The highest BCUT2D eigenvalue weighted by Gasteiger charge is 2.66. The summed E-state index contributed by atoms with van der Waals surface area (Å²) in [5, 5.41) is 11.4. The molecular formula is C25H24N2O6. The number of hydrogen-bond donors (Lipinski definition) is 1. The van der Waals surface area contributed by atoms with E-state index in [4.69, 9.17) is 9.47 Å². The molecule has 33 heavy (non-hydrogen) atoms. The molecule has 1 spiro atoms. The predicted molar refractivity (Wildman–Crippen MR) is 120 cm³/mol. The molecule has 3 heterocycles. The molecule has 2 aromatic carbocycles. The van der Waals surface area contributed by atoms with E-state index in [1.807, 2.05) is 6.92 Å². The Balaban J connectivity index is 1.78. The third-order valence-electron chi connectivity index (χ3n) is 6.63. The SMILES string of the molecule is COCCN1C(=O)C(=O)C(=C(O)c2ccc3c(c2)C[C@H](C)O3)[C@@]12C(=O)N(C)c1ccccc12. The van der Waals surface area contributed by atoms with Crippen LogP contribution in [0.3, 0.4) is 0 Å². The summed E-state index contributed by atoms with van der Waals surface area (Å²) in [7, 11) is 3.08. The van der Waals surface area contributed by atoms with Crippen molar-refractivity contribution in [2.75, 3.05) is 32.2 Å². The Morgan fingerprint density at radius 2 is 1.97 bits per heavy atom. The van der Waals surface area contributed by atoms with Crippen LogP contribution < -0.4 is 9.64 Å². The second-order valence-corrected chi connectivity index (χ2v) is 8.55. The first kappa shape index (κ1) is 21.2. The Morgan fingerprint density at radius 3 is 2.73 bits per heavy atom. The lowest BCUT2D eigenvalue weighted by atomic mass is 9.81. The molecule has 5 rings (SSSR count). The van der Waals surface area contributed by atoms with E-state index in [0.717, 1.165) is 11.3 Å². The van der Waals surface area contributed by atoms with E-state index in [-0.39, 0.29) is 30.6 Å². The minimum Gasteiger partial charge on any atom is -0.507 e. The Labute approximate surface area is 191 Å². The first-order valence-corrected chi connectivity index (χ1v) is 10.8. The first-order chi connectivity index (χ1) is 15.8. The van der Waals surface area contributed by atoms with Gasteiger partial charge in [0.1, 0.15) is 17.6 Å². The summed E-state index contributed by atoms with van der Waals surface area (Å²) in [4.78, 5) is 43.0. The number of ketones is 1. The molecule has 3 aliphatic heterocycles. The van der Waals surface area contributed by atoms with Gasteiger partial charge in [-0.05, 0) is 36.8 Å². The molecule has 0 radical (unpaired) electrons. The molecule has 170 valence electrons. The van der Waals surface area contributed by atoms with E-state index < -0.39 is 23.1 Å². The van der Waals surface area contributed by atoms with E-state index in [2.05, 4.69) is 0 Å². The number of anilines is 1.